The SMILES string of the molecule is CCCNc1ccc(CNc2cc(C)nc(C(C)C)n2)cc1. The van der Waals surface area contributed by atoms with Crippen LogP contribution in [-0.4, -0.2) is 16.5 Å². The summed E-state index contributed by atoms with van der Waals surface area (Å²) in [7, 11) is 0. The number of hydrogen-bond acceptors (Lipinski definition) is 4. The lowest BCUT2D eigenvalue weighted by Crippen LogP contribution is -2.06. The van der Waals surface area contributed by atoms with Crippen LogP contribution in [-0.2, 0) is 6.54 Å². The molecule has 4 nitrogen and oxygen atoms in total. The van der Waals surface area contributed by atoms with Gasteiger partial charge in [0.2, 0.25) is 0 Å². The number of nitrogens with zero attached hydrogens (tertiary/aromatic N) is 2. The molecule has 4 heteroatoms. The minimum absolute atomic E-state index is 0.337. The Morgan fingerprint density at radius 2 is 1.77 bits per heavy atom. The van der Waals surface area contributed by atoms with Crippen molar-refractivity contribution >= 4 is 11.5 Å². The number of nitrogens with one attached hydrogen (secondary N) is 2. The third-order valence-electron chi connectivity index (χ3n) is 3.39. The van der Waals surface area contributed by atoms with E-state index in [-0.39, 0.29) is 0 Å². The highest BCUT2D eigenvalue weighted by Gasteiger charge is 2.06. The summed E-state index contributed by atoms with van der Waals surface area (Å²) in [4.78, 5) is 9.04. The van der Waals surface area contributed by atoms with Gasteiger partial charge in [-0.1, -0.05) is 32.9 Å². The predicted octanol–water partition coefficient (Wildman–Crippen LogP) is 4.34. The van der Waals surface area contributed by atoms with Crippen LogP contribution in [0.15, 0.2) is 30.3 Å². The molecule has 1 aromatic heterocycles. The fourth-order valence-corrected chi connectivity index (χ4v) is 2.14. The molecule has 118 valence electrons. The van der Waals surface area contributed by atoms with Crippen LogP contribution >= 0.6 is 0 Å². The summed E-state index contributed by atoms with van der Waals surface area (Å²) in [5, 5.41) is 6.77. The molecule has 2 N–H and O–H groups in total. The first-order chi connectivity index (χ1) is 10.6. The Morgan fingerprint density at radius 1 is 1.05 bits per heavy atom. The van der Waals surface area contributed by atoms with Crippen LogP contribution < -0.4 is 10.6 Å². The first-order valence-electron chi connectivity index (χ1n) is 8.00. The van der Waals surface area contributed by atoms with Gasteiger partial charge in [0.25, 0.3) is 0 Å². The van der Waals surface area contributed by atoms with Gasteiger partial charge < -0.3 is 10.6 Å². The number of aryl methyl sites for hydroxylation is 1. The van der Waals surface area contributed by atoms with E-state index in [1.807, 2.05) is 13.0 Å². The highest BCUT2D eigenvalue weighted by atomic mass is 15.0. The summed E-state index contributed by atoms with van der Waals surface area (Å²) in [6.07, 6.45) is 1.13. The average molecular weight is 298 g/mol. The van der Waals surface area contributed by atoms with Crippen LogP contribution in [0.5, 0.6) is 0 Å². The fraction of sp³-hybridized carbons (Fsp3) is 0.444. The molecular formula is C18H26N4. The van der Waals surface area contributed by atoms with Crippen molar-refractivity contribution in [3.63, 3.8) is 0 Å². The first-order valence-corrected chi connectivity index (χ1v) is 8.00. The minimum Gasteiger partial charge on any atom is -0.385 e. The molecule has 0 saturated heterocycles. The Balaban J connectivity index is 1.97. The highest BCUT2D eigenvalue weighted by Crippen LogP contribution is 2.15. The third-order valence-corrected chi connectivity index (χ3v) is 3.39. The second kappa shape index (κ2) is 7.78. The summed E-state index contributed by atoms with van der Waals surface area (Å²) in [6.45, 7) is 10.2. The molecule has 1 aromatic carbocycles. The van der Waals surface area contributed by atoms with Crippen LogP contribution in [0.3, 0.4) is 0 Å². The summed E-state index contributed by atoms with van der Waals surface area (Å²) < 4.78 is 0. The predicted molar refractivity (Wildman–Crippen MR) is 93.4 cm³/mol. The summed E-state index contributed by atoms with van der Waals surface area (Å²) in [5.74, 6) is 2.12. The number of anilines is 2. The van der Waals surface area contributed by atoms with Gasteiger partial charge in [0.1, 0.15) is 11.6 Å². The molecule has 2 rings (SSSR count). The molecule has 0 amide bonds. The van der Waals surface area contributed by atoms with E-state index >= 15 is 0 Å². The van der Waals surface area contributed by atoms with E-state index in [1.54, 1.807) is 0 Å². The van der Waals surface area contributed by atoms with Gasteiger partial charge in [-0.25, -0.2) is 9.97 Å². The second-order valence-electron chi connectivity index (χ2n) is 5.88. The molecule has 2 aromatic rings. The van der Waals surface area contributed by atoms with Gasteiger partial charge in [-0.3, -0.25) is 0 Å². The maximum atomic E-state index is 4.57. The van der Waals surface area contributed by atoms with Crippen molar-refractivity contribution in [1.82, 2.24) is 9.97 Å². The van der Waals surface area contributed by atoms with Crippen molar-refractivity contribution in [2.75, 3.05) is 17.2 Å². The summed E-state index contributed by atoms with van der Waals surface area (Å²) >= 11 is 0. The largest absolute Gasteiger partial charge is 0.385 e. The topological polar surface area (TPSA) is 49.8 Å². The van der Waals surface area contributed by atoms with Crippen molar-refractivity contribution in [2.24, 2.45) is 0 Å². The lowest BCUT2D eigenvalue weighted by molar-refractivity contribution is 0.766. The fourth-order valence-electron chi connectivity index (χ4n) is 2.14. The lowest BCUT2D eigenvalue weighted by atomic mass is 10.2. The van der Waals surface area contributed by atoms with Crippen molar-refractivity contribution in [2.45, 2.75) is 46.6 Å². The molecule has 0 bridgehead atoms. The number of aromatic nitrogens is 2. The number of rotatable bonds is 7. The molecule has 22 heavy (non-hydrogen) atoms. The molecular weight excluding hydrogens is 272 g/mol. The van der Waals surface area contributed by atoms with Gasteiger partial charge in [0, 0.05) is 36.5 Å². The standard InChI is InChI=1S/C18H26N4/c1-5-10-19-16-8-6-15(7-9-16)12-20-17-11-14(4)21-18(22-17)13(2)3/h6-9,11,13,19H,5,10,12H2,1-4H3,(H,20,21,22). The van der Waals surface area contributed by atoms with Gasteiger partial charge in [-0.05, 0) is 31.0 Å². The van der Waals surface area contributed by atoms with Gasteiger partial charge in [0.15, 0.2) is 0 Å². The van der Waals surface area contributed by atoms with Crippen molar-refractivity contribution in [3.8, 4) is 0 Å². The van der Waals surface area contributed by atoms with Crippen molar-refractivity contribution in [3.05, 3.63) is 47.4 Å². The smallest absolute Gasteiger partial charge is 0.133 e. The first kappa shape index (κ1) is 16.3. The van der Waals surface area contributed by atoms with Gasteiger partial charge >= 0.3 is 0 Å². The second-order valence-corrected chi connectivity index (χ2v) is 5.88. The number of benzene rings is 1. The maximum absolute atomic E-state index is 4.57. The van der Waals surface area contributed by atoms with Crippen molar-refractivity contribution in [1.29, 1.82) is 0 Å². The van der Waals surface area contributed by atoms with E-state index in [2.05, 4.69) is 65.6 Å². The van der Waals surface area contributed by atoms with Gasteiger partial charge in [-0.15, -0.1) is 0 Å². The molecule has 0 aliphatic heterocycles. The van der Waals surface area contributed by atoms with E-state index in [9.17, 15) is 0 Å². The van der Waals surface area contributed by atoms with Crippen molar-refractivity contribution < 1.29 is 0 Å². The van der Waals surface area contributed by atoms with E-state index < -0.39 is 0 Å². The molecule has 1 heterocycles. The minimum atomic E-state index is 0.337. The monoisotopic (exact) mass is 298 g/mol. The van der Waals surface area contributed by atoms with Gasteiger partial charge in [-0.2, -0.15) is 0 Å². The highest BCUT2D eigenvalue weighted by molar-refractivity contribution is 5.45. The van der Waals surface area contributed by atoms with Gasteiger partial charge in [0.05, 0.1) is 0 Å². The van der Waals surface area contributed by atoms with E-state index in [4.69, 9.17) is 0 Å². The molecule has 0 aliphatic carbocycles. The molecule has 0 aliphatic rings. The van der Waals surface area contributed by atoms with Crippen LogP contribution in [0.1, 0.15) is 50.2 Å². The zero-order valence-corrected chi connectivity index (χ0v) is 14.0. The molecule has 0 unspecified atom stereocenters. The quantitative estimate of drug-likeness (QED) is 0.798. The maximum Gasteiger partial charge on any atom is 0.133 e. The summed E-state index contributed by atoms with van der Waals surface area (Å²) in [5.41, 5.74) is 3.41. The molecule has 0 fully saturated rings. The third kappa shape index (κ3) is 4.72. The zero-order chi connectivity index (χ0) is 15.9. The zero-order valence-electron chi connectivity index (χ0n) is 14.0. The van der Waals surface area contributed by atoms with Crippen LogP contribution in [0.25, 0.3) is 0 Å². The lowest BCUT2D eigenvalue weighted by Gasteiger charge is -2.11. The summed E-state index contributed by atoms with van der Waals surface area (Å²) in [6, 6.07) is 10.5. The Hall–Kier alpha value is -2.10. The Bertz CT molecular complexity index is 591. The van der Waals surface area contributed by atoms with Crippen LogP contribution in [0.4, 0.5) is 11.5 Å². The average Bonchev–Trinajstić information content (AvgIpc) is 2.51. The molecule has 0 radical (unpaired) electrons. The molecule has 0 atom stereocenters. The van der Waals surface area contributed by atoms with Crippen LogP contribution in [0.2, 0.25) is 0 Å². The van der Waals surface area contributed by atoms with Crippen LogP contribution in [0, 0.1) is 6.92 Å². The molecule has 0 saturated carbocycles. The normalized spacial score (nSPS) is 10.8. The Morgan fingerprint density at radius 3 is 2.41 bits per heavy atom. The Kier molecular flexibility index (Phi) is 5.75. The van der Waals surface area contributed by atoms with E-state index in [0.29, 0.717) is 5.92 Å². The Labute approximate surface area is 133 Å². The van der Waals surface area contributed by atoms with E-state index in [1.165, 1.54) is 11.3 Å². The number of hydrogen-bond donors (Lipinski definition) is 2. The van der Waals surface area contributed by atoms with E-state index in [0.717, 1.165) is 36.8 Å². The molecule has 0 spiro atoms.